The van der Waals surface area contributed by atoms with Crippen LogP contribution in [-0.2, 0) is 34.0 Å². The maximum atomic E-state index is 10.9. The number of primary amides is 2. The van der Waals surface area contributed by atoms with Crippen LogP contribution in [0, 0.1) is 0 Å². The van der Waals surface area contributed by atoms with Gasteiger partial charge in [0.05, 0.1) is 0 Å². The Morgan fingerprint density at radius 2 is 0.963 bits per heavy atom. The lowest BCUT2D eigenvalue weighted by atomic mass is 10.1. The van der Waals surface area contributed by atoms with E-state index >= 15 is 0 Å². The van der Waals surface area contributed by atoms with E-state index in [0.29, 0.717) is 0 Å². The van der Waals surface area contributed by atoms with Gasteiger partial charge >= 0.3 is 20.8 Å². The Bertz CT molecular complexity index is 633. The minimum atomic E-state index is -5.12. The van der Waals surface area contributed by atoms with Crippen molar-refractivity contribution in [2.45, 2.75) is 38.8 Å². The molecule has 19 heteroatoms. The highest BCUT2D eigenvalue weighted by atomic mass is 35.5. The van der Waals surface area contributed by atoms with Crippen molar-refractivity contribution in [3.63, 3.8) is 0 Å². The van der Waals surface area contributed by atoms with E-state index in [1.165, 1.54) is 27.7 Å². The number of carbonyl (C=O) groups is 2. The summed E-state index contributed by atoms with van der Waals surface area (Å²) in [6.45, 7) is 6.04. The van der Waals surface area contributed by atoms with Gasteiger partial charge in [-0.1, -0.05) is 0 Å². The monoisotopic (exact) mass is 486 g/mol. The molecule has 168 valence electrons. The molecule has 0 aromatic rings. The van der Waals surface area contributed by atoms with Gasteiger partial charge in [0, 0.05) is 0 Å². The van der Waals surface area contributed by atoms with E-state index < -0.39 is 43.7 Å². The highest BCUT2D eigenvalue weighted by Gasteiger charge is 2.29. The van der Waals surface area contributed by atoms with E-state index in [4.69, 9.17) is 20.6 Å². The summed E-state index contributed by atoms with van der Waals surface area (Å²) >= 11 is 0. The molecule has 0 heterocycles. The molecule has 0 fully saturated rings. The summed E-state index contributed by atoms with van der Waals surface area (Å²) in [7, 11) is -10.2. The molecule has 0 aliphatic carbocycles. The normalized spacial score (nSPS) is 11.3. The smallest absolute Gasteiger partial charge is 0.412 e. The number of carbonyl (C=O) groups excluding carboxylic acids is 2. The van der Waals surface area contributed by atoms with Crippen molar-refractivity contribution in [3.05, 3.63) is 0 Å². The van der Waals surface area contributed by atoms with Crippen LogP contribution in [0.5, 0.6) is 0 Å². The quantitative estimate of drug-likeness (QED) is 0.232. The zero-order chi connectivity index (χ0) is 19.3. The Morgan fingerprint density at radius 3 is 1.04 bits per heavy atom. The van der Waals surface area contributed by atoms with Crippen molar-refractivity contribution in [1.82, 2.24) is 0 Å². The summed E-state index contributed by atoms with van der Waals surface area (Å²) in [5.41, 5.74) is 7.90. The zero-order valence-corrected chi connectivity index (χ0v) is 17.7. The molecule has 15 nitrogen and oxygen atoms in total. The summed E-state index contributed by atoms with van der Waals surface area (Å²) in [5.74, 6) is -1.22. The van der Waals surface area contributed by atoms with Crippen LogP contribution in [0.1, 0.15) is 27.7 Å². The van der Waals surface area contributed by atoms with Crippen LogP contribution in [0.4, 0.5) is 0 Å². The maximum absolute atomic E-state index is 10.9. The van der Waals surface area contributed by atoms with Gasteiger partial charge in [-0.2, -0.15) is 27.1 Å². The lowest BCUT2D eigenvalue weighted by Crippen LogP contribution is -2.39. The summed E-state index contributed by atoms with van der Waals surface area (Å²) in [6.07, 6.45) is 0. The molecular weight excluding hydrogens is 463 g/mol. The molecule has 0 rings (SSSR count). The predicted octanol–water partition coefficient (Wildman–Crippen LogP) is -2.23. The second kappa shape index (κ2) is 13.9. The van der Waals surface area contributed by atoms with Crippen LogP contribution < -0.4 is 11.5 Å². The highest BCUT2D eigenvalue weighted by Crippen LogP contribution is 2.14. The Labute approximate surface area is 168 Å². The van der Waals surface area contributed by atoms with Gasteiger partial charge in [-0.3, -0.25) is 18.7 Å². The highest BCUT2D eigenvalue weighted by molar-refractivity contribution is 7.94. The molecule has 2 amide bonds. The first-order valence-electron chi connectivity index (χ1n) is 5.50. The standard InChI is InChI=1S/C8H16N4O2.2ClH.H2O7S2.2H2O/c1-7(2,5(9)13)11-12-8(3,4)6(10)14;;;1-8(2,3)7-9(4,5)6;;/h1-4H3,(H2,9,13)(H2,10,14);2*1H;(H,1,2,3)(H,4,5,6);2*1H2. The molecule has 27 heavy (non-hydrogen) atoms. The van der Waals surface area contributed by atoms with Gasteiger partial charge in [0.15, 0.2) is 11.1 Å². The van der Waals surface area contributed by atoms with Crippen molar-refractivity contribution < 1.29 is 50.1 Å². The Balaban J connectivity index is -0.0000000758. The number of hydrogen-bond donors (Lipinski definition) is 4. The summed E-state index contributed by atoms with van der Waals surface area (Å²) in [6, 6.07) is 0. The molecule has 0 aromatic heterocycles. The van der Waals surface area contributed by atoms with Gasteiger partial charge in [0.1, 0.15) is 0 Å². The van der Waals surface area contributed by atoms with Crippen molar-refractivity contribution in [2.24, 2.45) is 21.7 Å². The first kappa shape index (κ1) is 40.5. The van der Waals surface area contributed by atoms with Crippen molar-refractivity contribution in [2.75, 3.05) is 0 Å². The van der Waals surface area contributed by atoms with Crippen LogP contribution in [0.2, 0.25) is 0 Å². The number of amides is 2. The summed E-state index contributed by atoms with van der Waals surface area (Å²) in [4.78, 5) is 21.7. The van der Waals surface area contributed by atoms with Crippen LogP contribution >= 0.6 is 24.8 Å². The van der Waals surface area contributed by atoms with Gasteiger partial charge in [0.2, 0.25) is 11.8 Å². The molecule has 0 unspecified atom stereocenters. The number of halogens is 2. The number of azo groups is 1. The van der Waals surface area contributed by atoms with Crippen LogP contribution in [-0.4, -0.2) is 59.8 Å². The molecule has 0 spiro atoms. The third-order valence-electron chi connectivity index (χ3n) is 1.93. The molecule has 0 atom stereocenters. The lowest BCUT2D eigenvalue weighted by molar-refractivity contribution is -0.124. The summed E-state index contributed by atoms with van der Waals surface area (Å²) < 4.78 is 55.6. The fraction of sp³-hybridized carbons (Fsp3) is 0.750. The third-order valence-corrected chi connectivity index (χ3v) is 3.30. The van der Waals surface area contributed by atoms with E-state index in [2.05, 4.69) is 13.9 Å². The second-order valence-electron chi connectivity index (χ2n) is 4.97. The molecule has 0 saturated carbocycles. The van der Waals surface area contributed by atoms with E-state index in [1.807, 2.05) is 0 Å². The molecular formula is C8H24Cl2N4O11S2. The van der Waals surface area contributed by atoms with Crippen LogP contribution in [0.3, 0.4) is 0 Å². The van der Waals surface area contributed by atoms with Crippen molar-refractivity contribution in [3.8, 4) is 0 Å². The number of hydrogen-bond acceptors (Lipinski definition) is 9. The second-order valence-corrected chi connectivity index (χ2v) is 7.23. The number of nitrogens with two attached hydrogens (primary N) is 2. The van der Waals surface area contributed by atoms with E-state index in [0.717, 1.165) is 0 Å². The van der Waals surface area contributed by atoms with E-state index in [-0.39, 0.29) is 35.8 Å². The van der Waals surface area contributed by atoms with E-state index in [1.54, 1.807) is 0 Å². The van der Waals surface area contributed by atoms with Crippen LogP contribution in [0.25, 0.3) is 0 Å². The van der Waals surface area contributed by atoms with Gasteiger partial charge in [-0.15, -0.1) is 28.4 Å². The lowest BCUT2D eigenvalue weighted by Gasteiger charge is -2.17. The van der Waals surface area contributed by atoms with Gasteiger partial charge < -0.3 is 22.4 Å². The molecule has 0 aliphatic rings. The minimum Gasteiger partial charge on any atom is -0.412 e. The topological polar surface area (TPSA) is 292 Å². The molecule has 0 aromatic carbocycles. The summed E-state index contributed by atoms with van der Waals surface area (Å²) in [5, 5.41) is 7.40. The van der Waals surface area contributed by atoms with Gasteiger partial charge in [-0.05, 0) is 27.7 Å². The third kappa shape index (κ3) is 22.8. The Kier molecular flexibility index (Phi) is 20.9. The number of rotatable bonds is 6. The first-order valence-corrected chi connectivity index (χ1v) is 8.23. The molecule has 0 radical (unpaired) electrons. The fourth-order valence-electron chi connectivity index (χ4n) is 0.457. The van der Waals surface area contributed by atoms with Crippen molar-refractivity contribution >= 4 is 57.4 Å². The number of nitrogens with zero attached hydrogens (tertiary/aromatic N) is 2. The molecule has 0 saturated heterocycles. The van der Waals surface area contributed by atoms with Crippen molar-refractivity contribution in [1.29, 1.82) is 0 Å². The molecule has 0 bridgehead atoms. The average molecular weight is 487 g/mol. The van der Waals surface area contributed by atoms with Gasteiger partial charge in [0.25, 0.3) is 0 Å². The largest absolute Gasteiger partial charge is 0.413 e. The average Bonchev–Trinajstić information content (AvgIpc) is 2.22. The maximum Gasteiger partial charge on any atom is 0.413 e. The van der Waals surface area contributed by atoms with Gasteiger partial charge in [-0.25, -0.2) is 0 Å². The van der Waals surface area contributed by atoms with Crippen LogP contribution in [0.15, 0.2) is 10.2 Å². The molecule has 0 aliphatic heterocycles. The van der Waals surface area contributed by atoms with E-state index in [9.17, 15) is 26.4 Å². The molecule has 10 N–H and O–H groups in total. The fourth-order valence-corrected chi connectivity index (χ4v) is 1.33. The Hall–Kier alpha value is -1.18. The zero-order valence-electron chi connectivity index (χ0n) is 14.4. The minimum absolute atomic E-state index is 0. The SMILES string of the molecule is CC(C)(N=NC(C)(C)C(N)=O)C(N)=O.Cl.Cl.O.O.O=S(=O)(O)OS(=O)(=O)O. The first-order chi connectivity index (χ1) is 9.80. The predicted molar refractivity (Wildman–Crippen MR) is 97.3 cm³/mol. The Morgan fingerprint density at radius 1 is 0.778 bits per heavy atom.